The molecule has 24 aromatic rings. The van der Waals surface area contributed by atoms with Gasteiger partial charge in [0.15, 0.2) is 0 Å². The van der Waals surface area contributed by atoms with Crippen molar-refractivity contribution in [3.8, 4) is 168 Å². The number of aryl methyl sites for hydroxylation is 2. The zero-order valence-corrected chi connectivity index (χ0v) is 74.5. The molecule has 16 aromatic carbocycles. The van der Waals surface area contributed by atoms with Gasteiger partial charge >= 0.3 is 0 Å². The highest BCUT2D eigenvalue weighted by Gasteiger charge is 2.24. The van der Waals surface area contributed by atoms with Crippen molar-refractivity contribution in [2.24, 2.45) is 0 Å². The van der Waals surface area contributed by atoms with Crippen LogP contribution >= 0.6 is 0 Å². The van der Waals surface area contributed by atoms with Gasteiger partial charge in [-0.15, -0.1) is 0 Å². The van der Waals surface area contributed by atoms with Crippen LogP contribution in [0.15, 0.2) is 481 Å². The van der Waals surface area contributed by atoms with E-state index in [1.165, 1.54) is 70.9 Å². The van der Waals surface area contributed by atoms with Crippen molar-refractivity contribution in [1.82, 2.24) is 43.3 Å². The predicted octanol–water partition coefficient (Wildman–Crippen LogP) is 32.7. The van der Waals surface area contributed by atoms with Crippen molar-refractivity contribution in [1.29, 1.82) is 0 Å². The van der Waals surface area contributed by atoms with Crippen molar-refractivity contribution in [2.45, 2.75) is 13.8 Å². The Bertz CT molecular complexity index is 8260. The first-order valence-electron chi connectivity index (χ1n) is 45.5. The number of hydrogen-bond donors (Lipinski definition) is 0. The second-order valence-corrected chi connectivity index (χ2v) is 34.0. The third kappa shape index (κ3) is 16.8. The lowest BCUT2D eigenvalue weighted by Gasteiger charge is -2.15. The Balaban J connectivity index is 0.000000118. The highest BCUT2D eigenvalue weighted by atomic mass is 15.1. The summed E-state index contributed by atoms with van der Waals surface area (Å²) in [7, 11) is 0. The van der Waals surface area contributed by atoms with Gasteiger partial charge in [0, 0.05) is 93.1 Å². The van der Waals surface area contributed by atoms with Gasteiger partial charge in [0.25, 0.3) is 0 Å². The van der Waals surface area contributed by atoms with Crippen LogP contribution < -0.4 is 0 Å². The number of fused-ring (bicyclic) bond motifs is 7. The van der Waals surface area contributed by atoms with Gasteiger partial charge in [0.05, 0.1) is 39.9 Å². The lowest BCUT2D eigenvalue weighted by molar-refractivity contribution is 1.11. The minimum atomic E-state index is 0.755. The molecule has 0 aliphatic heterocycles. The third-order valence-corrected chi connectivity index (χ3v) is 25.3. The second-order valence-electron chi connectivity index (χ2n) is 34.0. The molecule has 8 aromatic heterocycles. The molecule has 0 saturated heterocycles. The number of hydrogen-bond acceptors (Lipinski definition) is 6. The summed E-state index contributed by atoms with van der Waals surface area (Å²) in [4.78, 5) is 29.0. The SMILES string of the molecule is C=Cc1nc(-c2cccc(-c3cc(-c4cc(C)nc(C)c4)cc(-c4cc5ccccc5c5ccccc45)c3)c2)c(-c2ccccc2)n1C=C.c1ccc(-c2c(-c3cccc(-c4cc(-c5ccc6ccccc6c5)cc(-c5ccccn5)c4)c3)nc3ccccn23)cc1.c1ccc(-c2c(-c3cccc(-c4cc(-c5cccnc5)cc(-c5ccc6ccccc6c5)c4)c3)nc3ccccn23)cc1. The highest BCUT2D eigenvalue weighted by molar-refractivity contribution is 6.14. The predicted molar refractivity (Wildman–Crippen MR) is 564 cm³/mol. The highest BCUT2D eigenvalue weighted by Crippen LogP contribution is 2.45. The van der Waals surface area contributed by atoms with Gasteiger partial charge in [-0.05, 0) is 292 Å². The molecule has 135 heavy (non-hydrogen) atoms. The Labute approximate surface area is 784 Å². The molecule has 8 heterocycles. The maximum absolute atomic E-state index is 5.11. The van der Waals surface area contributed by atoms with E-state index in [0.29, 0.717) is 0 Å². The fraction of sp³-hybridized carbons (Fsp3) is 0.0159. The van der Waals surface area contributed by atoms with Gasteiger partial charge in [0.1, 0.15) is 17.1 Å². The van der Waals surface area contributed by atoms with E-state index in [2.05, 4.69) is 459 Å². The maximum atomic E-state index is 5.11. The van der Waals surface area contributed by atoms with E-state index in [1.54, 1.807) is 6.08 Å². The average Bonchev–Trinajstić information content (AvgIpc) is 1.44. The first kappa shape index (κ1) is 82.7. The van der Waals surface area contributed by atoms with Gasteiger partial charge in [0.2, 0.25) is 0 Å². The molecule has 9 nitrogen and oxygen atoms in total. The van der Waals surface area contributed by atoms with Crippen LogP contribution in [0.4, 0.5) is 0 Å². The van der Waals surface area contributed by atoms with E-state index < -0.39 is 0 Å². The van der Waals surface area contributed by atoms with E-state index >= 15 is 0 Å². The van der Waals surface area contributed by atoms with Crippen molar-refractivity contribution >= 4 is 66.7 Å². The summed E-state index contributed by atoms with van der Waals surface area (Å²) < 4.78 is 6.37. The van der Waals surface area contributed by atoms with E-state index in [1.807, 2.05) is 65.8 Å². The molecular weight excluding hydrogens is 1640 g/mol. The molecule has 0 N–H and O–H groups in total. The Hall–Kier alpha value is -17.9. The number of aromatic nitrogens is 9. The van der Waals surface area contributed by atoms with Crippen LogP contribution in [0, 0.1) is 13.8 Å². The first-order chi connectivity index (χ1) is 66.6. The lowest BCUT2D eigenvalue weighted by Crippen LogP contribution is -1.93. The molecule has 24 rings (SSSR count). The summed E-state index contributed by atoms with van der Waals surface area (Å²) in [6.07, 6.45) is 13.4. The third-order valence-electron chi connectivity index (χ3n) is 25.3. The molecule has 0 aliphatic carbocycles. The van der Waals surface area contributed by atoms with Crippen LogP contribution in [0.5, 0.6) is 0 Å². The zero-order valence-electron chi connectivity index (χ0n) is 74.5. The maximum Gasteiger partial charge on any atom is 0.137 e. The summed E-state index contributed by atoms with van der Waals surface area (Å²) in [6.45, 7) is 12.3. The fourth-order valence-corrected chi connectivity index (χ4v) is 19.0. The fourth-order valence-electron chi connectivity index (χ4n) is 19.0. The van der Waals surface area contributed by atoms with Gasteiger partial charge in [-0.25, -0.2) is 15.0 Å². The normalized spacial score (nSPS) is 11.2. The monoisotopic (exact) mass is 1730 g/mol. The molecular formula is C126H89N9. The van der Waals surface area contributed by atoms with Crippen molar-refractivity contribution < 1.29 is 0 Å². The lowest BCUT2D eigenvalue weighted by atomic mass is 9.89. The van der Waals surface area contributed by atoms with Crippen LogP contribution in [-0.2, 0) is 0 Å². The van der Waals surface area contributed by atoms with Crippen LogP contribution in [0.3, 0.4) is 0 Å². The van der Waals surface area contributed by atoms with Crippen molar-refractivity contribution in [2.75, 3.05) is 0 Å². The molecule has 0 amide bonds. The Morgan fingerprint density at radius 2 is 0.615 bits per heavy atom. The molecule has 0 unspecified atom stereocenters. The molecule has 0 atom stereocenters. The average molecular weight is 1730 g/mol. The van der Waals surface area contributed by atoms with E-state index in [4.69, 9.17) is 19.9 Å². The Morgan fingerprint density at radius 3 is 1.10 bits per heavy atom. The molecule has 0 spiro atoms. The molecule has 638 valence electrons. The molecule has 9 heteroatoms. The number of benzene rings is 16. The number of imidazole rings is 3. The quantitative estimate of drug-likeness (QED) is 0.0844. The second kappa shape index (κ2) is 36.6. The largest absolute Gasteiger partial charge is 0.300 e. The van der Waals surface area contributed by atoms with Crippen LogP contribution in [-0.4, -0.2) is 43.3 Å². The smallest absolute Gasteiger partial charge is 0.137 e. The number of nitrogens with zero attached hydrogens (tertiary/aromatic N) is 9. The summed E-state index contributed by atoms with van der Waals surface area (Å²) in [5.74, 6) is 0.755. The van der Waals surface area contributed by atoms with E-state index in [-0.39, 0.29) is 0 Å². The minimum Gasteiger partial charge on any atom is -0.300 e. The number of rotatable bonds is 17. The zero-order chi connectivity index (χ0) is 90.7. The topological polar surface area (TPSA) is 91.1 Å². The minimum absolute atomic E-state index is 0.755. The number of pyridine rings is 5. The van der Waals surface area contributed by atoms with Gasteiger partial charge in [-0.2, -0.15) is 0 Å². The summed E-state index contributed by atoms with van der Waals surface area (Å²) >= 11 is 0. The van der Waals surface area contributed by atoms with Gasteiger partial charge < -0.3 is 0 Å². The summed E-state index contributed by atoms with van der Waals surface area (Å²) in [5.41, 5.74) is 36.8. The standard InChI is InChI=1S/C46H35N3.2C40H27N3/c1-5-44-48-45(46(49(44)6-2)32-15-8-7-9-16-32)35-19-14-18-33(25-35)37-26-38(36-23-30(3)47-31(4)24-36)28-39(27-37)43-29-34-17-10-11-20-40(34)41-21-12-13-22-42(41)43;1-2-12-29(13-3-1)40-39(42-38-18-7-9-22-43(38)40)33-16-10-15-31(24-33)34-25-35(27-36(26-34)37-17-6-8-21-41-37)32-20-19-28-11-4-5-14-30(28)23-32;1-2-11-29(12-3-1)40-39(42-38-17-6-7-21-43(38)40)33-15-8-14-31(23-33)35-24-36(26-37(25-35)34-16-9-20-41-27-34)32-19-18-28-10-4-5-13-30(28)22-32/h5-29H,1-2H2,3-4H3;2*1-27H. The molecule has 0 aliphatic rings. The van der Waals surface area contributed by atoms with Crippen LogP contribution in [0.25, 0.3) is 234 Å². The summed E-state index contributed by atoms with van der Waals surface area (Å²) in [5, 5.41) is 9.92. The van der Waals surface area contributed by atoms with E-state index in [0.717, 1.165) is 169 Å². The molecule has 0 saturated carbocycles. The van der Waals surface area contributed by atoms with Crippen LogP contribution in [0.1, 0.15) is 17.2 Å². The molecule has 0 radical (unpaired) electrons. The van der Waals surface area contributed by atoms with Crippen LogP contribution in [0.2, 0.25) is 0 Å². The molecule has 0 bridgehead atoms. The summed E-state index contributed by atoms with van der Waals surface area (Å²) in [6, 6.07) is 155. The van der Waals surface area contributed by atoms with Crippen molar-refractivity contribution in [3.63, 3.8) is 0 Å². The van der Waals surface area contributed by atoms with E-state index in [9.17, 15) is 0 Å². The Kier molecular flexibility index (Phi) is 22.4. The Morgan fingerprint density at radius 1 is 0.237 bits per heavy atom. The molecule has 0 fully saturated rings. The van der Waals surface area contributed by atoms with Crippen molar-refractivity contribution in [3.05, 3.63) is 498 Å². The van der Waals surface area contributed by atoms with Gasteiger partial charge in [-0.3, -0.25) is 28.3 Å². The van der Waals surface area contributed by atoms with Gasteiger partial charge in [-0.1, -0.05) is 304 Å². The first-order valence-corrected chi connectivity index (χ1v) is 45.5.